The van der Waals surface area contributed by atoms with Crippen molar-refractivity contribution in [2.75, 3.05) is 0 Å². The molecular formula is C14H12N4S2. The fourth-order valence-corrected chi connectivity index (χ4v) is 3.50. The number of imidazole rings is 1. The van der Waals surface area contributed by atoms with Gasteiger partial charge in [0.15, 0.2) is 4.77 Å². The quantitative estimate of drug-likeness (QED) is 0.729. The normalized spacial score (nSPS) is 12.4. The number of para-hydroxylation sites is 1. The predicted octanol–water partition coefficient (Wildman–Crippen LogP) is 3.94. The topological polar surface area (TPSA) is 57.4 Å². The lowest BCUT2D eigenvalue weighted by Gasteiger charge is -2.11. The van der Waals surface area contributed by atoms with Crippen LogP contribution in [0.4, 0.5) is 0 Å². The van der Waals surface area contributed by atoms with E-state index < -0.39 is 0 Å². The number of benzene rings is 1. The van der Waals surface area contributed by atoms with Gasteiger partial charge in [-0.1, -0.05) is 6.07 Å². The van der Waals surface area contributed by atoms with Crippen LogP contribution in [0.5, 0.6) is 0 Å². The van der Waals surface area contributed by atoms with E-state index >= 15 is 0 Å². The molecule has 0 fully saturated rings. The molecule has 0 bridgehead atoms. The maximum atomic E-state index is 9.17. The summed E-state index contributed by atoms with van der Waals surface area (Å²) in [5.41, 5.74) is 3.35. The number of nitrogens with zero attached hydrogens (tertiary/aromatic N) is 3. The molecule has 2 aromatic heterocycles. The number of aromatic nitrogens is 3. The summed E-state index contributed by atoms with van der Waals surface area (Å²) >= 11 is 7.04. The van der Waals surface area contributed by atoms with Crippen molar-refractivity contribution < 1.29 is 0 Å². The van der Waals surface area contributed by atoms with Crippen LogP contribution in [0.15, 0.2) is 23.6 Å². The smallest absolute Gasteiger partial charge is 0.178 e. The predicted molar refractivity (Wildman–Crippen MR) is 82.5 cm³/mol. The summed E-state index contributed by atoms with van der Waals surface area (Å²) in [5.74, 6) is 0. The Morgan fingerprint density at radius 1 is 1.50 bits per heavy atom. The fraction of sp³-hybridized carbons (Fsp3) is 0.214. The molecule has 4 nitrogen and oxygen atoms in total. The molecule has 0 amide bonds. The average Bonchev–Trinajstić information content (AvgIpc) is 3.00. The zero-order valence-electron chi connectivity index (χ0n) is 11.0. The highest BCUT2D eigenvalue weighted by Gasteiger charge is 2.17. The van der Waals surface area contributed by atoms with E-state index in [2.05, 4.69) is 23.0 Å². The number of aromatic amines is 1. The Labute approximate surface area is 125 Å². The van der Waals surface area contributed by atoms with E-state index in [1.807, 2.05) is 29.0 Å². The maximum absolute atomic E-state index is 9.17. The summed E-state index contributed by atoms with van der Waals surface area (Å²) in [4.78, 5) is 7.67. The van der Waals surface area contributed by atoms with Crippen LogP contribution in [0.3, 0.4) is 0 Å². The van der Waals surface area contributed by atoms with E-state index in [1.165, 1.54) is 0 Å². The van der Waals surface area contributed by atoms with Gasteiger partial charge in [0.25, 0.3) is 0 Å². The number of H-pyrrole nitrogens is 1. The third-order valence-corrected chi connectivity index (χ3v) is 4.69. The first-order chi connectivity index (χ1) is 9.61. The average molecular weight is 300 g/mol. The van der Waals surface area contributed by atoms with Gasteiger partial charge in [0, 0.05) is 11.1 Å². The molecule has 100 valence electrons. The molecule has 3 aromatic rings. The van der Waals surface area contributed by atoms with Crippen LogP contribution >= 0.6 is 23.6 Å². The Balaban J connectivity index is 2.24. The van der Waals surface area contributed by atoms with E-state index in [1.54, 1.807) is 17.4 Å². The highest BCUT2D eigenvalue weighted by molar-refractivity contribution is 7.71. The van der Waals surface area contributed by atoms with Gasteiger partial charge in [-0.05, 0) is 38.2 Å². The Bertz CT molecular complexity index is 879. The number of thiazole rings is 1. The number of rotatable bonds is 2. The number of hydrogen-bond donors (Lipinski definition) is 1. The van der Waals surface area contributed by atoms with Crippen molar-refractivity contribution in [3.05, 3.63) is 44.6 Å². The second kappa shape index (κ2) is 4.85. The van der Waals surface area contributed by atoms with E-state index in [4.69, 9.17) is 12.2 Å². The molecule has 1 atom stereocenters. The Kier molecular flexibility index (Phi) is 3.16. The zero-order chi connectivity index (χ0) is 14.3. The number of nitrogens with one attached hydrogen (secondary N) is 1. The molecule has 0 radical (unpaired) electrons. The molecule has 0 aliphatic rings. The van der Waals surface area contributed by atoms with Gasteiger partial charge in [-0.25, -0.2) is 4.98 Å². The summed E-state index contributed by atoms with van der Waals surface area (Å²) in [5, 5.41) is 12.2. The molecular weight excluding hydrogens is 288 g/mol. The molecule has 6 heteroatoms. The van der Waals surface area contributed by atoms with E-state index in [0.29, 0.717) is 10.3 Å². The zero-order valence-corrected chi connectivity index (χ0v) is 12.7. The van der Waals surface area contributed by atoms with Crippen molar-refractivity contribution in [2.45, 2.75) is 19.9 Å². The molecule has 20 heavy (non-hydrogen) atoms. The van der Waals surface area contributed by atoms with Crippen LogP contribution in [-0.4, -0.2) is 14.5 Å². The Morgan fingerprint density at radius 3 is 2.95 bits per heavy atom. The van der Waals surface area contributed by atoms with Gasteiger partial charge in [-0.15, -0.1) is 11.3 Å². The highest BCUT2D eigenvalue weighted by Crippen LogP contribution is 2.27. The van der Waals surface area contributed by atoms with Gasteiger partial charge in [0.1, 0.15) is 11.1 Å². The molecule has 0 spiro atoms. The van der Waals surface area contributed by atoms with Crippen molar-refractivity contribution in [1.29, 1.82) is 5.26 Å². The SMILES string of the molecule is Cc1csc(C(C)n2c(=S)[nH]c3c(C#N)cccc32)n1. The first-order valence-corrected chi connectivity index (χ1v) is 7.46. The summed E-state index contributed by atoms with van der Waals surface area (Å²) in [7, 11) is 0. The van der Waals surface area contributed by atoms with Crippen LogP contribution in [0.2, 0.25) is 0 Å². The van der Waals surface area contributed by atoms with Crippen LogP contribution in [0.1, 0.15) is 29.2 Å². The van der Waals surface area contributed by atoms with E-state index in [0.717, 1.165) is 21.7 Å². The highest BCUT2D eigenvalue weighted by atomic mass is 32.1. The summed E-state index contributed by atoms with van der Waals surface area (Å²) < 4.78 is 2.63. The van der Waals surface area contributed by atoms with Crippen LogP contribution in [-0.2, 0) is 0 Å². The lowest BCUT2D eigenvalue weighted by Crippen LogP contribution is -2.06. The van der Waals surface area contributed by atoms with Crippen molar-refractivity contribution in [3.63, 3.8) is 0 Å². The minimum atomic E-state index is 0.0453. The summed E-state index contributed by atoms with van der Waals surface area (Å²) in [6.07, 6.45) is 0. The van der Waals surface area contributed by atoms with Gasteiger partial charge in [-0.2, -0.15) is 5.26 Å². The van der Waals surface area contributed by atoms with Gasteiger partial charge < -0.3 is 9.55 Å². The van der Waals surface area contributed by atoms with Gasteiger partial charge in [-0.3, -0.25) is 0 Å². The lowest BCUT2D eigenvalue weighted by molar-refractivity contribution is 0.643. The van der Waals surface area contributed by atoms with Crippen molar-refractivity contribution >= 4 is 34.6 Å². The maximum Gasteiger partial charge on any atom is 0.178 e. The lowest BCUT2D eigenvalue weighted by atomic mass is 10.2. The Hall–Kier alpha value is -1.97. The van der Waals surface area contributed by atoms with Gasteiger partial charge in [0.05, 0.1) is 22.6 Å². The second-order valence-electron chi connectivity index (χ2n) is 4.61. The summed E-state index contributed by atoms with van der Waals surface area (Å²) in [6.45, 7) is 4.05. The molecule has 0 saturated carbocycles. The van der Waals surface area contributed by atoms with Crippen LogP contribution in [0, 0.1) is 23.0 Å². The molecule has 3 rings (SSSR count). The van der Waals surface area contributed by atoms with Crippen molar-refractivity contribution in [2.24, 2.45) is 0 Å². The summed E-state index contributed by atoms with van der Waals surface area (Å²) in [6, 6.07) is 7.87. The third kappa shape index (κ3) is 1.96. The third-order valence-electron chi connectivity index (χ3n) is 3.25. The number of nitriles is 1. The molecule has 1 N–H and O–H groups in total. The Morgan fingerprint density at radius 2 is 2.30 bits per heavy atom. The van der Waals surface area contributed by atoms with Crippen LogP contribution < -0.4 is 0 Å². The van der Waals surface area contributed by atoms with Gasteiger partial charge in [0.2, 0.25) is 0 Å². The van der Waals surface area contributed by atoms with Crippen molar-refractivity contribution in [3.8, 4) is 6.07 Å². The molecule has 0 aliphatic heterocycles. The molecule has 1 aromatic carbocycles. The van der Waals surface area contributed by atoms with E-state index in [9.17, 15) is 5.26 Å². The largest absolute Gasteiger partial charge is 0.329 e. The second-order valence-corrected chi connectivity index (χ2v) is 5.89. The minimum Gasteiger partial charge on any atom is -0.329 e. The minimum absolute atomic E-state index is 0.0453. The van der Waals surface area contributed by atoms with Gasteiger partial charge >= 0.3 is 0 Å². The van der Waals surface area contributed by atoms with E-state index in [-0.39, 0.29) is 6.04 Å². The number of hydrogen-bond acceptors (Lipinski definition) is 4. The number of aryl methyl sites for hydroxylation is 1. The standard InChI is InChI=1S/C14H12N4S2/c1-8-7-20-13(16-8)9(2)18-11-5-3-4-10(6-15)12(11)17-14(18)19/h3-5,7,9H,1-2H3,(H,17,19). The monoisotopic (exact) mass is 300 g/mol. The first-order valence-electron chi connectivity index (χ1n) is 6.17. The fourth-order valence-electron chi connectivity index (χ4n) is 2.30. The number of fused-ring (bicyclic) bond motifs is 1. The van der Waals surface area contributed by atoms with Crippen molar-refractivity contribution in [1.82, 2.24) is 14.5 Å². The molecule has 0 aliphatic carbocycles. The molecule has 1 unspecified atom stereocenters. The first kappa shape index (κ1) is 13.0. The molecule has 0 saturated heterocycles. The molecule has 2 heterocycles. The van der Waals surface area contributed by atoms with Crippen LogP contribution in [0.25, 0.3) is 11.0 Å².